The number of nitrogens with zero attached hydrogens (tertiary/aromatic N) is 5. The molecule has 3 rings (SSSR count). The van der Waals surface area contributed by atoms with E-state index in [4.69, 9.17) is 0 Å². The van der Waals surface area contributed by atoms with Gasteiger partial charge in [-0.05, 0) is 12.1 Å². The average Bonchev–Trinajstić information content (AvgIpc) is 2.72. The van der Waals surface area contributed by atoms with E-state index >= 15 is 0 Å². The molecule has 6 heteroatoms. The molecule has 0 saturated heterocycles. The molecule has 0 N–H and O–H groups in total. The summed E-state index contributed by atoms with van der Waals surface area (Å²) in [6.07, 6.45) is 3.11. The van der Waals surface area contributed by atoms with Crippen molar-refractivity contribution in [2.24, 2.45) is 10.2 Å². The fourth-order valence-electron chi connectivity index (χ4n) is 1.37. The number of carbonyl (C=O) groups excluding carboxylic acids is 1. The van der Waals surface area contributed by atoms with Gasteiger partial charge in [-0.1, -0.05) is 6.07 Å². The van der Waals surface area contributed by atoms with Gasteiger partial charge in [-0.25, -0.2) is 9.97 Å². The third kappa shape index (κ3) is 1.28. The summed E-state index contributed by atoms with van der Waals surface area (Å²) in [4.78, 5) is 23.5. The minimum atomic E-state index is -0.436. The zero-order chi connectivity index (χ0) is 11.0. The number of amides is 1. The molecule has 2 aromatic rings. The van der Waals surface area contributed by atoms with Crippen LogP contribution in [0, 0.1) is 0 Å². The van der Waals surface area contributed by atoms with E-state index in [0.717, 1.165) is 0 Å². The van der Waals surface area contributed by atoms with E-state index in [-0.39, 0.29) is 5.69 Å². The van der Waals surface area contributed by atoms with E-state index in [0.29, 0.717) is 17.2 Å². The van der Waals surface area contributed by atoms with E-state index in [1.54, 1.807) is 18.3 Å². The molecule has 2 aromatic heterocycles. The van der Waals surface area contributed by atoms with Gasteiger partial charge in [0.05, 0.1) is 6.20 Å². The van der Waals surface area contributed by atoms with Crippen LogP contribution in [0.4, 0.5) is 5.69 Å². The van der Waals surface area contributed by atoms with Crippen molar-refractivity contribution in [3.8, 4) is 11.5 Å². The van der Waals surface area contributed by atoms with Gasteiger partial charge >= 0.3 is 5.91 Å². The number of fused-ring (bicyclic) bond motifs is 1. The summed E-state index contributed by atoms with van der Waals surface area (Å²) in [6, 6.07) is 5.40. The van der Waals surface area contributed by atoms with Crippen LogP contribution in [0.5, 0.6) is 0 Å². The van der Waals surface area contributed by atoms with Crippen LogP contribution >= 0.6 is 0 Å². The molecule has 76 valence electrons. The molecule has 0 unspecified atom stereocenters. The van der Waals surface area contributed by atoms with Gasteiger partial charge in [0.15, 0.2) is 11.5 Å². The highest BCUT2D eigenvalue weighted by molar-refractivity contribution is 5.99. The largest absolute Gasteiger partial charge is 0.316 e. The van der Waals surface area contributed by atoms with Gasteiger partial charge in [0.2, 0.25) is 0 Å². The molecule has 16 heavy (non-hydrogen) atoms. The van der Waals surface area contributed by atoms with Crippen LogP contribution in [0.1, 0.15) is 10.5 Å². The molecule has 0 radical (unpaired) electrons. The number of pyridine rings is 1. The Labute approximate surface area is 90.1 Å². The van der Waals surface area contributed by atoms with Crippen molar-refractivity contribution in [2.45, 2.75) is 0 Å². The smallest absolute Gasteiger partial charge is 0.263 e. The standard InChI is InChI=1S/C10H5N5O/c16-10-8-7(14-15-10)5-12-9(13-8)6-3-1-2-4-11-6/h1-5H. The fraction of sp³-hybridized carbons (Fsp3) is 0. The van der Waals surface area contributed by atoms with Crippen molar-refractivity contribution in [3.05, 3.63) is 36.3 Å². The number of carbonyl (C=O) groups is 1. The molecule has 6 nitrogen and oxygen atoms in total. The molecule has 0 atom stereocenters. The molecule has 0 spiro atoms. The molecule has 1 aliphatic heterocycles. The van der Waals surface area contributed by atoms with Crippen LogP contribution in [-0.4, -0.2) is 20.9 Å². The lowest BCUT2D eigenvalue weighted by atomic mass is 10.3. The van der Waals surface area contributed by atoms with Crippen molar-refractivity contribution in [2.75, 3.05) is 0 Å². The Kier molecular flexibility index (Phi) is 1.79. The first-order valence-electron chi connectivity index (χ1n) is 4.59. The van der Waals surface area contributed by atoms with Crippen molar-refractivity contribution >= 4 is 11.6 Å². The predicted molar refractivity (Wildman–Crippen MR) is 54.1 cm³/mol. The number of azo groups is 1. The van der Waals surface area contributed by atoms with Gasteiger partial charge in [-0.15, -0.1) is 10.2 Å². The lowest BCUT2D eigenvalue weighted by Crippen LogP contribution is -1.98. The summed E-state index contributed by atoms with van der Waals surface area (Å²) in [5, 5.41) is 7.05. The van der Waals surface area contributed by atoms with Gasteiger partial charge in [-0.3, -0.25) is 9.78 Å². The normalized spacial score (nSPS) is 12.9. The Morgan fingerprint density at radius 1 is 1.06 bits per heavy atom. The van der Waals surface area contributed by atoms with Gasteiger partial charge < -0.3 is 0 Å². The Bertz CT molecular complexity index is 593. The molecular formula is C10H5N5O. The summed E-state index contributed by atoms with van der Waals surface area (Å²) >= 11 is 0. The van der Waals surface area contributed by atoms with E-state index in [2.05, 4.69) is 25.2 Å². The first-order valence-corrected chi connectivity index (χ1v) is 4.59. The van der Waals surface area contributed by atoms with Gasteiger partial charge in [-0.2, -0.15) is 0 Å². The van der Waals surface area contributed by atoms with E-state index in [1.807, 2.05) is 6.07 Å². The molecule has 3 heterocycles. The molecule has 1 aliphatic rings. The average molecular weight is 211 g/mol. The quantitative estimate of drug-likeness (QED) is 0.719. The molecule has 1 amide bonds. The van der Waals surface area contributed by atoms with E-state index in [1.165, 1.54) is 6.20 Å². The third-order valence-electron chi connectivity index (χ3n) is 2.11. The number of hydrogen-bond donors (Lipinski definition) is 0. The second-order valence-corrected chi connectivity index (χ2v) is 3.15. The highest BCUT2D eigenvalue weighted by Gasteiger charge is 2.20. The molecule has 0 saturated carbocycles. The summed E-state index contributed by atoms with van der Waals surface area (Å²) in [5.74, 6) is -0.0328. The second kappa shape index (κ2) is 3.27. The minimum Gasteiger partial charge on any atom is -0.263 e. The third-order valence-corrected chi connectivity index (χ3v) is 2.11. The maximum Gasteiger partial charge on any atom is 0.316 e. The fourth-order valence-corrected chi connectivity index (χ4v) is 1.37. The summed E-state index contributed by atoms with van der Waals surface area (Å²) in [6.45, 7) is 0. The molecule has 0 aliphatic carbocycles. The van der Waals surface area contributed by atoms with E-state index in [9.17, 15) is 4.79 Å². The minimum absolute atomic E-state index is 0.232. The maximum atomic E-state index is 11.3. The SMILES string of the molecule is O=C1N=Nc2cnc(-c3ccccn3)nc21. The van der Waals surface area contributed by atoms with Crippen molar-refractivity contribution in [1.82, 2.24) is 15.0 Å². The lowest BCUT2D eigenvalue weighted by molar-refractivity contribution is 0.0998. The van der Waals surface area contributed by atoms with Gasteiger partial charge in [0.25, 0.3) is 0 Å². The molecule has 0 bridgehead atoms. The van der Waals surface area contributed by atoms with Gasteiger partial charge in [0.1, 0.15) is 11.4 Å². The molecule has 0 fully saturated rings. The maximum absolute atomic E-state index is 11.3. The van der Waals surface area contributed by atoms with Crippen LogP contribution in [0.3, 0.4) is 0 Å². The Morgan fingerprint density at radius 3 is 2.81 bits per heavy atom. The Hall–Kier alpha value is -2.50. The van der Waals surface area contributed by atoms with Crippen molar-refractivity contribution in [1.29, 1.82) is 0 Å². The van der Waals surface area contributed by atoms with Crippen LogP contribution in [0.15, 0.2) is 40.8 Å². The predicted octanol–water partition coefficient (Wildman–Crippen LogP) is 1.78. The zero-order valence-corrected chi connectivity index (χ0v) is 8.03. The highest BCUT2D eigenvalue weighted by Crippen LogP contribution is 2.25. The lowest BCUT2D eigenvalue weighted by Gasteiger charge is -1.99. The first kappa shape index (κ1) is 8.78. The van der Waals surface area contributed by atoms with Crippen LogP contribution in [-0.2, 0) is 0 Å². The summed E-state index contributed by atoms with van der Waals surface area (Å²) in [7, 11) is 0. The van der Waals surface area contributed by atoms with Gasteiger partial charge in [0, 0.05) is 6.20 Å². The summed E-state index contributed by atoms with van der Waals surface area (Å²) < 4.78 is 0. The zero-order valence-electron chi connectivity index (χ0n) is 8.03. The highest BCUT2D eigenvalue weighted by atomic mass is 16.2. The Morgan fingerprint density at radius 2 is 2.00 bits per heavy atom. The summed E-state index contributed by atoms with van der Waals surface area (Å²) in [5.41, 5.74) is 1.25. The van der Waals surface area contributed by atoms with Crippen molar-refractivity contribution < 1.29 is 4.79 Å². The molecular weight excluding hydrogens is 206 g/mol. The first-order chi connectivity index (χ1) is 7.84. The topological polar surface area (TPSA) is 80.5 Å². The van der Waals surface area contributed by atoms with Crippen LogP contribution in [0.2, 0.25) is 0 Å². The number of hydrogen-bond acceptors (Lipinski definition) is 5. The molecule has 0 aromatic carbocycles. The van der Waals surface area contributed by atoms with Crippen LogP contribution in [0.25, 0.3) is 11.5 Å². The van der Waals surface area contributed by atoms with Crippen LogP contribution < -0.4 is 0 Å². The Balaban J connectivity index is 2.13. The number of rotatable bonds is 1. The van der Waals surface area contributed by atoms with E-state index < -0.39 is 5.91 Å². The monoisotopic (exact) mass is 211 g/mol. The second-order valence-electron chi connectivity index (χ2n) is 3.15. The number of aromatic nitrogens is 3. The van der Waals surface area contributed by atoms with Crippen molar-refractivity contribution in [3.63, 3.8) is 0 Å².